The van der Waals surface area contributed by atoms with E-state index in [2.05, 4.69) is 38.0 Å². The maximum absolute atomic E-state index is 11.7. The van der Waals surface area contributed by atoms with E-state index in [1.807, 2.05) is 11.8 Å². The first-order valence-electron chi connectivity index (χ1n) is 6.62. The average molecular weight is 241 g/mol. The molecule has 0 aromatic heterocycles. The van der Waals surface area contributed by atoms with Gasteiger partial charge in [0.05, 0.1) is 0 Å². The lowest BCUT2D eigenvalue weighted by Crippen LogP contribution is -2.52. The molecule has 1 heterocycles. The minimum atomic E-state index is 0.0874. The Morgan fingerprint density at radius 2 is 1.88 bits per heavy atom. The zero-order valence-electron chi connectivity index (χ0n) is 11.9. The molecule has 0 aliphatic carbocycles. The predicted molar refractivity (Wildman–Crippen MR) is 71.2 cm³/mol. The molecule has 1 aliphatic rings. The van der Waals surface area contributed by atoms with Gasteiger partial charge in [-0.05, 0) is 47.6 Å². The number of nitrogens with zero attached hydrogens (tertiary/aromatic N) is 2. The molecule has 0 aromatic rings. The van der Waals surface area contributed by atoms with E-state index in [1.54, 1.807) is 0 Å². The van der Waals surface area contributed by atoms with Crippen molar-refractivity contribution in [3.8, 4) is 0 Å². The van der Waals surface area contributed by atoms with Gasteiger partial charge < -0.3 is 10.2 Å². The summed E-state index contributed by atoms with van der Waals surface area (Å²) in [4.78, 5) is 16.0. The number of carbonyl (C=O) groups is 1. The van der Waals surface area contributed by atoms with Crippen LogP contribution in [0.25, 0.3) is 0 Å². The van der Waals surface area contributed by atoms with E-state index < -0.39 is 0 Å². The number of urea groups is 1. The number of hydrogen-bond acceptors (Lipinski definition) is 2. The minimum absolute atomic E-state index is 0.0874. The van der Waals surface area contributed by atoms with Crippen LogP contribution in [-0.4, -0.2) is 54.1 Å². The van der Waals surface area contributed by atoms with E-state index in [9.17, 15) is 4.79 Å². The van der Waals surface area contributed by atoms with Crippen LogP contribution in [-0.2, 0) is 0 Å². The number of hydrogen-bond donors (Lipinski definition) is 1. The molecule has 1 fully saturated rings. The second-order valence-electron chi connectivity index (χ2n) is 5.84. The quantitative estimate of drug-likeness (QED) is 0.801. The van der Waals surface area contributed by atoms with Crippen molar-refractivity contribution in [2.45, 2.75) is 52.1 Å². The molecule has 1 aliphatic heterocycles. The van der Waals surface area contributed by atoms with Crippen LogP contribution in [0.3, 0.4) is 0 Å². The van der Waals surface area contributed by atoms with Crippen molar-refractivity contribution in [2.24, 2.45) is 0 Å². The zero-order valence-corrected chi connectivity index (χ0v) is 11.9. The fourth-order valence-corrected chi connectivity index (χ4v) is 2.27. The Morgan fingerprint density at radius 1 is 1.35 bits per heavy atom. The average Bonchev–Trinajstić information content (AvgIpc) is 2.27. The van der Waals surface area contributed by atoms with Crippen LogP contribution in [0.15, 0.2) is 0 Å². The van der Waals surface area contributed by atoms with Gasteiger partial charge in [0, 0.05) is 31.2 Å². The Morgan fingerprint density at radius 3 is 2.29 bits per heavy atom. The molecule has 2 amide bonds. The third-order valence-electron chi connectivity index (χ3n) is 3.69. The normalized spacial score (nSPS) is 18.6. The summed E-state index contributed by atoms with van der Waals surface area (Å²) in [6.45, 7) is 11.1. The van der Waals surface area contributed by atoms with Gasteiger partial charge in [0.15, 0.2) is 0 Å². The monoisotopic (exact) mass is 241 g/mol. The second kappa shape index (κ2) is 5.71. The fraction of sp³-hybridized carbons (Fsp3) is 0.923. The molecule has 1 rings (SSSR count). The molecule has 4 heteroatoms. The number of likely N-dealkylation sites (tertiary alicyclic amines) is 1. The number of piperidine rings is 1. The van der Waals surface area contributed by atoms with Crippen LogP contribution in [0.2, 0.25) is 0 Å². The van der Waals surface area contributed by atoms with Crippen LogP contribution in [0.4, 0.5) is 4.79 Å². The minimum Gasteiger partial charge on any atom is -0.338 e. The maximum Gasteiger partial charge on any atom is 0.317 e. The molecule has 1 N–H and O–H groups in total. The first-order chi connectivity index (χ1) is 7.86. The Labute approximate surface area is 105 Å². The van der Waals surface area contributed by atoms with Crippen LogP contribution in [0, 0.1) is 0 Å². The molecule has 0 aromatic carbocycles. The number of nitrogens with one attached hydrogen (secondary N) is 1. The molecule has 0 bridgehead atoms. The van der Waals surface area contributed by atoms with E-state index in [0.717, 1.165) is 25.9 Å². The Kier molecular flexibility index (Phi) is 4.80. The largest absolute Gasteiger partial charge is 0.338 e. The predicted octanol–water partition coefficient (Wildman–Crippen LogP) is 1.91. The van der Waals surface area contributed by atoms with Crippen molar-refractivity contribution >= 4 is 6.03 Å². The molecular weight excluding hydrogens is 214 g/mol. The first-order valence-corrected chi connectivity index (χ1v) is 6.62. The summed E-state index contributed by atoms with van der Waals surface area (Å²) in [5, 5.41) is 2.86. The SMILES string of the molecule is CCNC(=O)N1CCC(N(C)C(C)(C)C)CC1. The first kappa shape index (κ1) is 14.3. The van der Waals surface area contributed by atoms with E-state index >= 15 is 0 Å². The van der Waals surface area contributed by atoms with Crippen molar-refractivity contribution in [3.63, 3.8) is 0 Å². The molecule has 0 atom stereocenters. The molecule has 0 spiro atoms. The Balaban J connectivity index is 2.43. The van der Waals surface area contributed by atoms with Crippen LogP contribution >= 0.6 is 0 Å². The summed E-state index contributed by atoms with van der Waals surface area (Å²) in [5.41, 5.74) is 0.207. The van der Waals surface area contributed by atoms with Crippen LogP contribution < -0.4 is 5.32 Å². The third kappa shape index (κ3) is 3.87. The summed E-state index contributed by atoms with van der Waals surface area (Å²) < 4.78 is 0. The molecule has 17 heavy (non-hydrogen) atoms. The topological polar surface area (TPSA) is 35.6 Å². The summed E-state index contributed by atoms with van der Waals surface area (Å²) in [7, 11) is 2.19. The lowest BCUT2D eigenvalue weighted by atomic mass is 9.97. The third-order valence-corrected chi connectivity index (χ3v) is 3.69. The van der Waals surface area contributed by atoms with Crippen molar-refractivity contribution in [1.82, 2.24) is 15.1 Å². The van der Waals surface area contributed by atoms with Gasteiger partial charge in [-0.25, -0.2) is 4.79 Å². The summed E-state index contributed by atoms with van der Waals surface area (Å²) >= 11 is 0. The standard InChI is InChI=1S/C13H27N3O/c1-6-14-12(17)16-9-7-11(8-10-16)15(5)13(2,3)4/h11H,6-10H2,1-5H3,(H,14,17). The van der Waals surface area contributed by atoms with Gasteiger partial charge >= 0.3 is 6.03 Å². The van der Waals surface area contributed by atoms with Gasteiger partial charge in [-0.3, -0.25) is 4.90 Å². The highest BCUT2D eigenvalue weighted by molar-refractivity contribution is 5.74. The molecule has 100 valence electrons. The van der Waals surface area contributed by atoms with Crippen LogP contribution in [0.1, 0.15) is 40.5 Å². The summed E-state index contributed by atoms with van der Waals surface area (Å²) in [6.07, 6.45) is 2.15. The van der Waals surface area contributed by atoms with Crippen molar-refractivity contribution in [1.29, 1.82) is 0 Å². The number of amides is 2. The van der Waals surface area contributed by atoms with Gasteiger partial charge in [0.2, 0.25) is 0 Å². The van der Waals surface area contributed by atoms with E-state index in [0.29, 0.717) is 12.6 Å². The van der Waals surface area contributed by atoms with E-state index in [1.165, 1.54) is 0 Å². The highest BCUT2D eigenvalue weighted by Gasteiger charge is 2.29. The van der Waals surface area contributed by atoms with Gasteiger partial charge in [-0.2, -0.15) is 0 Å². The molecule has 1 saturated heterocycles. The van der Waals surface area contributed by atoms with Gasteiger partial charge in [-0.15, -0.1) is 0 Å². The van der Waals surface area contributed by atoms with Crippen molar-refractivity contribution in [3.05, 3.63) is 0 Å². The Hall–Kier alpha value is -0.770. The number of carbonyl (C=O) groups excluding carboxylic acids is 1. The highest BCUT2D eigenvalue weighted by atomic mass is 16.2. The van der Waals surface area contributed by atoms with E-state index in [4.69, 9.17) is 0 Å². The summed E-state index contributed by atoms with van der Waals surface area (Å²) in [5.74, 6) is 0. The van der Waals surface area contributed by atoms with Crippen molar-refractivity contribution in [2.75, 3.05) is 26.7 Å². The lowest BCUT2D eigenvalue weighted by molar-refractivity contribution is 0.0723. The van der Waals surface area contributed by atoms with E-state index in [-0.39, 0.29) is 11.6 Å². The molecule has 0 unspecified atom stereocenters. The summed E-state index contributed by atoms with van der Waals surface area (Å²) in [6, 6.07) is 0.685. The fourth-order valence-electron chi connectivity index (χ4n) is 2.27. The zero-order chi connectivity index (χ0) is 13.1. The molecular formula is C13H27N3O. The molecule has 0 radical (unpaired) electrons. The van der Waals surface area contributed by atoms with Gasteiger partial charge in [0.25, 0.3) is 0 Å². The smallest absolute Gasteiger partial charge is 0.317 e. The molecule has 0 saturated carbocycles. The Bertz CT molecular complexity index is 252. The maximum atomic E-state index is 11.7. The van der Waals surface area contributed by atoms with Gasteiger partial charge in [0.1, 0.15) is 0 Å². The highest BCUT2D eigenvalue weighted by Crippen LogP contribution is 2.22. The molecule has 4 nitrogen and oxygen atoms in total. The van der Waals surface area contributed by atoms with Crippen molar-refractivity contribution < 1.29 is 4.79 Å². The van der Waals surface area contributed by atoms with Gasteiger partial charge in [-0.1, -0.05) is 0 Å². The number of rotatable bonds is 2. The second-order valence-corrected chi connectivity index (χ2v) is 5.84. The van der Waals surface area contributed by atoms with Crippen LogP contribution in [0.5, 0.6) is 0 Å². The lowest BCUT2D eigenvalue weighted by Gasteiger charge is -2.43.